The number of hydrogen-bond acceptors (Lipinski definition) is 3. The standard InChI is InChI=1S/C10H14ClN3O/c11-8-5-9(7-14-6-8)15-4-2-1-3-10(12)13/h5-7H,1-4H2,(H3,12,13). The minimum Gasteiger partial charge on any atom is -0.492 e. The van der Waals surface area contributed by atoms with Crippen molar-refractivity contribution in [1.29, 1.82) is 5.41 Å². The second kappa shape index (κ2) is 6.24. The summed E-state index contributed by atoms with van der Waals surface area (Å²) in [4.78, 5) is 3.90. The Balaban J connectivity index is 2.17. The number of ether oxygens (including phenoxy) is 1. The highest BCUT2D eigenvalue weighted by Crippen LogP contribution is 2.15. The molecule has 0 atom stereocenters. The zero-order chi connectivity index (χ0) is 11.1. The Morgan fingerprint density at radius 1 is 1.47 bits per heavy atom. The number of unbranched alkanes of at least 4 members (excludes halogenated alkanes) is 1. The van der Waals surface area contributed by atoms with Crippen molar-refractivity contribution in [3.63, 3.8) is 0 Å². The lowest BCUT2D eigenvalue weighted by atomic mass is 10.2. The third-order valence-corrected chi connectivity index (χ3v) is 2.00. The quantitative estimate of drug-likeness (QED) is 0.445. The van der Waals surface area contributed by atoms with Gasteiger partial charge in [0.15, 0.2) is 0 Å². The molecule has 0 aromatic carbocycles. The van der Waals surface area contributed by atoms with E-state index in [1.165, 1.54) is 0 Å². The second-order valence-electron chi connectivity index (χ2n) is 3.17. The lowest BCUT2D eigenvalue weighted by Crippen LogP contribution is -2.09. The molecule has 5 heteroatoms. The van der Waals surface area contributed by atoms with Gasteiger partial charge in [0.05, 0.1) is 23.7 Å². The molecule has 0 fully saturated rings. The van der Waals surface area contributed by atoms with Crippen LogP contribution in [0.25, 0.3) is 0 Å². The molecule has 1 rings (SSSR count). The Morgan fingerprint density at radius 3 is 2.93 bits per heavy atom. The molecule has 0 bridgehead atoms. The average molecular weight is 228 g/mol. The molecule has 0 spiro atoms. The van der Waals surface area contributed by atoms with Gasteiger partial charge in [-0.3, -0.25) is 10.4 Å². The van der Waals surface area contributed by atoms with Crippen LogP contribution in [0, 0.1) is 5.41 Å². The van der Waals surface area contributed by atoms with Gasteiger partial charge in [-0.15, -0.1) is 0 Å². The lowest BCUT2D eigenvalue weighted by molar-refractivity contribution is 0.307. The van der Waals surface area contributed by atoms with Gasteiger partial charge in [0.25, 0.3) is 0 Å². The third-order valence-electron chi connectivity index (χ3n) is 1.79. The van der Waals surface area contributed by atoms with Crippen LogP contribution in [0.3, 0.4) is 0 Å². The molecule has 0 unspecified atom stereocenters. The summed E-state index contributed by atoms with van der Waals surface area (Å²) in [6.07, 6.45) is 5.54. The van der Waals surface area contributed by atoms with Gasteiger partial charge in [0.2, 0.25) is 0 Å². The predicted octanol–water partition coefficient (Wildman–Crippen LogP) is 2.22. The molecule has 0 aliphatic carbocycles. The molecule has 0 saturated heterocycles. The first-order valence-corrected chi connectivity index (χ1v) is 5.12. The highest BCUT2D eigenvalue weighted by Gasteiger charge is 1.96. The molecule has 0 saturated carbocycles. The summed E-state index contributed by atoms with van der Waals surface area (Å²) in [5.74, 6) is 0.893. The van der Waals surface area contributed by atoms with E-state index in [9.17, 15) is 0 Å². The maximum atomic E-state index is 7.03. The zero-order valence-corrected chi connectivity index (χ0v) is 9.13. The summed E-state index contributed by atoms with van der Waals surface area (Å²) in [6.45, 7) is 0.593. The number of hydrogen-bond donors (Lipinski definition) is 2. The first kappa shape index (κ1) is 11.8. The van der Waals surface area contributed by atoms with Crippen molar-refractivity contribution in [2.24, 2.45) is 5.73 Å². The van der Waals surface area contributed by atoms with E-state index in [1.807, 2.05) is 0 Å². The van der Waals surface area contributed by atoms with Gasteiger partial charge in [-0.25, -0.2) is 0 Å². The van der Waals surface area contributed by atoms with Crippen LogP contribution in [0.5, 0.6) is 5.75 Å². The maximum Gasteiger partial charge on any atom is 0.139 e. The van der Waals surface area contributed by atoms with Crippen LogP contribution in [0.2, 0.25) is 5.02 Å². The minimum absolute atomic E-state index is 0.222. The van der Waals surface area contributed by atoms with E-state index in [0.717, 1.165) is 12.8 Å². The lowest BCUT2D eigenvalue weighted by Gasteiger charge is -2.05. The van der Waals surface area contributed by atoms with E-state index in [2.05, 4.69) is 4.98 Å². The Hall–Kier alpha value is -1.29. The van der Waals surface area contributed by atoms with Crippen molar-refractivity contribution in [3.8, 4) is 5.75 Å². The highest BCUT2D eigenvalue weighted by molar-refractivity contribution is 6.30. The van der Waals surface area contributed by atoms with Gasteiger partial charge in [0.1, 0.15) is 5.75 Å². The number of amidine groups is 1. The normalized spacial score (nSPS) is 9.93. The van der Waals surface area contributed by atoms with Gasteiger partial charge >= 0.3 is 0 Å². The van der Waals surface area contributed by atoms with Crippen LogP contribution in [-0.2, 0) is 0 Å². The molecule has 0 amide bonds. The van der Waals surface area contributed by atoms with Crippen LogP contribution < -0.4 is 10.5 Å². The number of aromatic nitrogens is 1. The molecule has 0 radical (unpaired) electrons. The number of nitrogens with two attached hydrogens (primary N) is 1. The molecule has 1 aromatic rings. The first-order chi connectivity index (χ1) is 7.18. The molecular formula is C10H14ClN3O. The fourth-order valence-electron chi connectivity index (χ4n) is 1.08. The monoisotopic (exact) mass is 227 g/mol. The van der Waals surface area contributed by atoms with Gasteiger partial charge < -0.3 is 10.5 Å². The summed E-state index contributed by atoms with van der Waals surface area (Å²) >= 11 is 5.74. The number of pyridine rings is 1. The second-order valence-corrected chi connectivity index (χ2v) is 3.61. The summed E-state index contributed by atoms with van der Waals surface area (Å²) in [7, 11) is 0. The van der Waals surface area contributed by atoms with Crippen LogP contribution in [-0.4, -0.2) is 17.4 Å². The smallest absolute Gasteiger partial charge is 0.139 e. The Labute approximate surface area is 93.9 Å². The van der Waals surface area contributed by atoms with Crippen LogP contribution in [0.1, 0.15) is 19.3 Å². The maximum absolute atomic E-state index is 7.03. The third kappa shape index (κ3) is 5.22. The van der Waals surface area contributed by atoms with Gasteiger partial charge in [0, 0.05) is 18.7 Å². The first-order valence-electron chi connectivity index (χ1n) is 4.75. The van der Waals surface area contributed by atoms with Gasteiger partial charge in [-0.2, -0.15) is 0 Å². The Kier molecular flexibility index (Phi) is 4.90. The Bertz CT molecular complexity index is 330. The van der Waals surface area contributed by atoms with Crippen LogP contribution in [0.15, 0.2) is 18.5 Å². The van der Waals surface area contributed by atoms with Crippen molar-refractivity contribution in [2.75, 3.05) is 6.61 Å². The molecular weight excluding hydrogens is 214 g/mol. The molecule has 3 N–H and O–H groups in total. The van der Waals surface area contributed by atoms with E-state index in [-0.39, 0.29) is 5.84 Å². The van der Waals surface area contributed by atoms with Crippen molar-refractivity contribution in [3.05, 3.63) is 23.5 Å². The number of rotatable bonds is 6. The summed E-state index contributed by atoms with van der Waals surface area (Å²) in [5, 5.41) is 7.60. The molecule has 4 nitrogen and oxygen atoms in total. The van der Waals surface area contributed by atoms with E-state index in [0.29, 0.717) is 23.8 Å². The average Bonchev–Trinajstić information content (AvgIpc) is 2.17. The minimum atomic E-state index is 0.222. The van der Waals surface area contributed by atoms with Crippen molar-refractivity contribution in [1.82, 2.24) is 4.98 Å². The van der Waals surface area contributed by atoms with Crippen molar-refractivity contribution >= 4 is 17.4 Å². The molecule has 15 heavy (non-hydrogen) atoms. The number of nitrogens with one attached hydrogen (secondary N) is 1. The molecule has 82 valence electrons. The highest BCUT2D eigenvalue weighted by atomic mass is 35.5. The van der Waals surface area contributed by atoms with E-state index in [1.54, 1.807) is 18.5 Å². The van der Waals surface area contributed by atoms with Crippen molar-refractivity contribution < 1.29 is 4.74 Å². The number of nitrogens with zero attached hydrogens (tertiary/aromatic N) is 1. The molecule has 0 aliphatic heterocycles. The van der Waals surface area contributed by atoms with E-state index >= 15 is 0 Å². The summed E-state index contributed by atoms with van der Waals surface area (Å²) in [5.41, 5.74) is 5.22. The molecule has 0 aliphatic rings. The van der Waals surface area contributed by atoms with Crippen molar-refractivity contribution in [2.45, 2.75) is 19.3 Å². The van der Waals surface area contributed by atoms with Crippen LogP contribution >= 0.6 is 11.6 Å². The molecule has 1 aromatic heterocycles. The fourth-order valence-corrected chi connectivity index (χ4v) is 1.24. The summed E-state index contributed by atoms with van der Waals surface area (Å²) < 4.78 is 5.41. The predicted molar refractivity (Wildman–Crippen MR) is 60.5 cm³/mol. The Morgan fingerprint density at radius 2 is 2.27 bits per heavy atom. The van der Waals surface area contributed by atoms with E-state index in [4.69, 9.17) is 27.5 Å². The van der Waals surface area contributed by atoms with Gasteiger partial charge in [-0.1, -0.05) is 11.6 Å². The fraction of sp³-hybridized carbons (Fsp3) is 0.400. The zero-order valence-electron chi connectivity index (χ0n) is 8.37. The topological polar surface area (TPSA) is 72.0 Å². The largest absolute Gasteiger partial charge is 0.492 e. The summed E-state index contributed by atoms with van der Waals surface area (Å²) in [6, 6.07) is 1.72. The number of halogens is 1. The van der Waals surface area contributed by atoms with Gasteiger partial charge in [-0.05, 0) is 12.8 Å². The van der Waals surface area contributed by atoms with Crippen LogP contribution in [0.4, 0.5) is 0 Å². The SMILES string of the molecule is N=C(N)CCCCOc1cncc(Cl)c1. The van der Waals surface area contributed by atoms with E-state index < -0.39 is 0 Å². The molecule has 1 heterocycles.